The van der Waals surface area contributed by atoms with Gasteiger partial charge in [0, 0.05) is 19.6 Å². The third-order valence-electron chi connectivity index (χ3n) is 1.80. The zero-order valence-corrected chi connectivity index (χ0v) is 8.85. The Balaban J connectivity index is 3.29. The summed E-state index contributed by atoms with van der Waals surface area (Å²) in [5, 5.41) is 0. The van der Waals surface area contributed by atoms with Crippen molar-refractivity contribution in [2.24, 2.45) is 5.73 Å². The lowest BCUT2D eigenvalue weighted by Crippen LogP contribution is -2.27. The van der Waals surface area contributed by atoms with Gasteiger partial charge in [0.1, 0.15) is 0 Å². The molecule has 3 nitrogen and oxygen atoms in total. The van der Waals surface area contributed by atoms with Crippen LogP contribution in [-0.4, -0.2) is 39.1 Å². The van der Waals surface area contributed by atoms with Crippen LogP contribution in [0.5, 0.6) is 0 Å². The number of hydrogen-bond acceptors (Lipinski definition) is 3. The molecule has 1 unspecified atom stereocenters. The Hall–Kier alpha value is -0.330. The smallest absolute Gasteiger partial charge is 0.382 e. The second-order valence-electron chi connectivity index (χ2n) is 3.34. The predicted octanol–water partition coefficient (Wildman–Crippen LogP) is 1.71. The van der Waals surface area contributed by atoms with E-state index in [1.54, 1.807) is 7.11 Å². The lowest BCUT2D eigenvalue weighted by Gasteiger charge is -2.12. The first-order chi connectivity index (χ1) is 6.95. The van der Waals surface area contributed by atoms with E-state index in [1.165, 1.54) is 0 Å². The molecule has 0 aliphatic carbocycles. The topological polar surface area (TPSA) is 44.5 Å². The summed E-state index contributed by atoms with van der Waals surface area (Å²) in [4.78, 5) is 0. The molecule has 15 heavy (non-hydrogen) atoms. The number of halogens is 3. The third kappa shape index (κ3) is 11.6. The monoisotopic (exact) mass is 229 g/mol. The Morgan fingerprint density at radius 2 is 1.93 bits per heavy atom. The van der Waals surface area contributed by atoms with Crippen molar-refractivity contribution in [3.8, 4) is 0 Å². The van der Waals surface area contributed by atoms with Gasteiger partial charge in [-0.15, -0.1) is 0 Å². The maximum absolute atomic E-state index is 11.8. The SMILES string of the molecule is COCCOCC(N)CCCC(F)(F)F. The minimum absolute atomic E-state index is 0.0539. The van der Waals surface area contributed by atoms with Crippen molar-refractivity contribution in [1.29, 1.82) is 0 Å². The molecule has 6 heteroatoms. The lowest BCUT2D eigenvalue weighted by molar-refractivity contribution is -0.135. The average Bonchev–Trinajstić information content (AvgIpc) is 2.10. The maximum Gasteiger partial charge on any atom is 0.389 e. The van der Waals surface area contributed by atoms with Crippen molar-refractivity contribution < 1.29 is 22.6 Å². The number of alkyl halides is 3. The quantitative estimate of drug-likeness (QED) is 0.644. The Morgan fingerprint density at radius 3 is 2.47 bits per heavy atom. The third-order valence-corrected chi connectivity index (χ3v) is 1.80. The molecule has 0 amide bonds. The summed E-state index contributed by atoms with van der Waals surface area (Å²) in [6.07, 6.45) is -4.49. The number of methoxy groups -OCH3 is 1. The van der Waals surface area contributed by atoms with Gasteiger partial charge >= 0.3 is 6.18 Å². The second-order valence-corrected chi connectivity index (χ2v) is 3.34. The molecule has 0 spiro atoms. The van der Waals surface area contributed by atoms with Crippen molar-refractivity contribution in [2.75, 3.05) is 26.9 Å². The highest BCUT2D eigenvalue weighted by atomic mass is 19.4. The summed E-state index contributed by atoms with van der Waals surface area (Å²) in [6.45, 7) is 1.17. The first-order valence-corrected chi connectivity index (χ1v) is 4.84. The van der Waals surface area contributed by atoms with Gasteiger partial charge in [0.15, 0.2) is 0 Å². The van der Waals surface area contributed by atoms with E-state index in [4.69, 9.17) is 15.2 Å². The Labute approximate surface area is 87.7 Å². The number of rotatable bonds is 8. The molecule has 0 aliphatic rings. The highest BCUT2D eigenvalue weighted by Crippen LogP contribution is 2.22. The molecule has 0 aliphatic heterocycles. The van der Waals surface area contributed by atoms with Gasteiger partial charge in [-0.1, -0.05) is 0 Å². The predicted molar refractivity (Wildman–Crippen MR) is 50.6 cm³/mol. The van der Waals surface area contributed by atoms with Crippen LogP contribution < -0.4 is 5.73 Å². The molecular formula is C9H18F3NO2. The average molecular weight is 229 g/mol. The molecule has 0 radical (unpaired) electrons. The van der Waals surface area contributed by atoms with Crippen LogP contribution >= 0.6 is 0 Å². The van der Waals surface area contributed by atoms with Crippen LogP contribution in [-0.2, 0) is 9.47 Å². The van der Waals surface area contributed by atoms with Crippen LogP contribution in [0.2, 0.25) is 0 Å². The molecule has 0 fully saturated rings. The van der Waals surface area contributed by atoms with E-state index in [2.05, 4.69) is 0 Å². The lowest BCUT2D eigenvalue weighted by atomic mass is 10.1. The van der Waals surface area contributed by atoms with Crippen LogP contribution in [0.3, 0.4) is 0 Å². The number of ether oxygens (including phenoxy) is 2. The molecule has 0 saturated heterocycles. The van der Waals surface area contributed by atoms with E-state index in [0.717, 1.165) is 0 Å². The molecule has 1 atom stereocenters. The molecular weight excluding hydrogens is 211 g/mol. The van der Waals surface area contributed by atoms with Gasteiger partial charge in [0.25, 0.3) is 0 Å². The minimum Gasteiger partial charge on any atom is -0.382 e. The summed E-state index contributed by atoms with van der Waals surface area (Å²) < 4.78 is 45.1. The van der Waals surface area contributed by atoms with Crippen molar-refractivity contribution in [3.05, 3.63) is 0 Å². The fraction of sp³-hybridized carbons (Fsp3) is 1.00. The second kappa shape index (κ2) is 7.90. The van der Waals surface area contributed by atoms with E-state index in [0.29, 0.717) is 19.6 Å². The molecule has 0 aromatic carbocycles. The van der Waals surface area contributed by atoms with Crippen molar-refractivity contribution in [2.45, 2.75) is 31.5 Å². The van der Waals surface area contributed by atoms with Gasteiger partial charge in [-0.05, 0) is 12.8 Å². The summed E-state index contributed by atoms with van der Waals surface area (Å²) in [5.41, 5.74) is 5.55. The normalized spacial score (nSPS) is 14.2. The van der Waals surface area contributed by atoms with E-state index < -0.39 is 12.6 Å². The zero-order valence-electron chi connectivity index (χ0n) is 8.85. The molecule has 0 aromatic rings. The number of hydrogen-bond donors (Lipinski definition) is 1. The van der Waals surface area contributed by atoms with Crippen molar-refractivity contribution in [3.63, 3.8) is 0 Å². The fourth-order valence-electron chi connectivity index (χ4n) is 1.02. The van der Waals surface area contributed by atoms with Crippen molar-refractivity contribution >= 4 is 0 Å². The molecule has 0 rings (SSSR count). The van der Waals surface area contributed by atoms with Crippen LogP contribution in [0.25, 0.3) is 0 Å². The van der Waals surface area contributed by atoms with Gasteiger partial charge < -0.3 is 15.2 Å². The van der Waals surface area contributed by atoms with E-state index in [-0.39, 0.29) is 19.1 Å². The standard InChI is InChI=1S/C9H18F3NO2/c1-14-5-6-15-7-8(13)3-2-4-9(10,11)12/h8H,2-7,13H2,1H3. The first kappa shape index (κ1) is 14.7. The zero-order chi connectivity index (χ0) is 11.7. The molecule has 92 valence electrons. The Kier molecular flexibility index (Phi) is 7.72. The number of nitrogens with two attached hydrogens (primary N) is 1. The summed E-state index contributed by atoms with van der Waals surface area (Å²) in [6, 6.07) is -0.329. The Morgan fingerprint density at radius 1 is 1.27 bits per heavy atom. The first-order valence-electron chi connectivity index (χ1n) is 4.84. The van der Waals surface area contributed by atoms with Gasteiger partial charge in [-0.2, -0.15) is 13.2 Å². The highest BCUT2D eigenvalue weighted by Gasteiger charge is 2.26. The molecule has 0 aromatic heterocycles. The molecule has 0 saturated carbocycles. The fourth-order valence-corrected chi connectivity index (χ4v) is 1.02. The van der Waals surface area contributed by atoms with Crippen molar-refractivity contribution in [1.82, 2.24) is 0 Å². The maximum atomic E-state index is 11.8. The minimum atomic E-state index is -4.09. The molecule has 0 heterocycles. The van der Waals surface area contributed by atoms with Gasteiger partial charge in [0.2, 0.25) is 0 Å². The van der Waals surface area contributed by atoms with Crippen LogP contribution in [0.4, 0.5) is 13.2 Å². The van der Waals surface area contributed by atoms with E-state index >= 15 is 0 Å². The van der Waals surface area contributed by atoms with Gasteiger partial charge in [0.05, 0.1) is 19.8 Å². The van der Waals surface area contributed by atoms with Gasteiger partial charge in [-0.3, -0.25) is 0 Å². The Bertz CT molecular complexity index is 153. The van der Waals surface area contributed by atoms with E-state index in [9.17, 15) is 13.2 Å². The van der Waals surface area contributed by atoms with Crippen LogP contribution in [0.1, 0.15) is 19.3 Å². The van der Waals surface area contributed by atoms with Crippen LogP contribution in [0.15, 0.2) is 0 Å². The summed E-state index contributed by atoms with van der Waals surface area (Å²) in [5.74, 6) is 0. The van der Waals surface area contributed by atoms with Gasteiger partial charge in [-0.25, -0.2) is 0 Å². The van der Waals surface area contributed by atoms with E-state index in [1.807, 2.05) is 0 Å². The summed E-state index contributed by atoms with van der Waals surface area (Å²) >= 11 is 0. The molecule has 0 bridgehead atoms. The summed E-state index contributed by atoms with van der Waals surface area (Å²) in [7, 11) is 1.55. The molecule has 2 N–H and O–H groups in total. The van der Waals surface area contributed by atoms with Crippen LogP contribution in [0, 0.1) is 0 Å². The highest BCUT2D eigenvalue weighted by molar-refractivity contribution is 4.62. The largest absolute Gasteiger partial charge is 0.389 e.